The summed E-state index contributed by atoms with van der Waals surface area (Å²) in [6, 6.07) is 5.50. The Hall–Kier alpha value is -3.50. The number of carbonyl (C=O) groups excluding carboxylic acids is 3. The maximum atomic E-state index is 13.8. The van der Waals surface area contributed by atoms with Gasteiger partial charge in [-0.1, -0.05) is 37.6 Å². The summed E-state index contributed by atoms with van der Waals surface area (Å²) in [5, 5.41) is 6.86. The molecule has 2 amide bonds. The number of carbonyl (C=O) groups is 3. The van der Waals surface area contributed by atoms with E-state index >= 15 is 0 Å². The number of rotatable bonds is 6. The lowest BCUT2D eigenvalue weighted by molar-refractivity contribution is -0.140. The van der Waals surface area contributed by atoms with E-state index in [-0.39, 0.29) is 23.7 Å². The van der Waals surface area contributed by atoms with Crippen LogP contribution in [0.3, 0.4) is 0 Å². The summed E-state index contributed by atoms with van der Waals surface area (Å²) in [4.78, 5) is 51.1. The largest absolute Gasteiger partial charge is 0.495 e. The van der Waals surface area contributed by atoms with Crippen LogP contribution in [0, 0.1) is 17.8 Å². The van der Waals surface area contributed by atoms with Crippen molar-refractivity contribution in [1.82, 2.24) is 20.2 Å². The van der Waals surface area contributed by atoms with Crippen molar-refractivity contribution in [3.8, 4) is 22.2 Å². The van der Waals surface area contributed by atoms with Gasteiger partial charge in [0.15, 0.2) is 0 Å². The fourth-order valence-corrected chi connectivity index (χ4v) is 7.74. The normalized spacial score (nSPS) is 27.8. The third kappa shape index (κ3) is 6.19. The van der Waals surface area contributed by atoms with Gasteiger partial charge in [-0.3, -0.25) is 9.59 Å². The lowest BCUT2D eigenvalue weighted by Gasteiger charge is -2.25. The van der Waals surface area contributed by atoms with Crippen molar-refractivity contribution in [2.24, 2.45) is 17.8 Å². The van der Waals surface area contributed by atoms with Gasteiger partial charge in [0.1, 0.15) is 45.2 Å². The van der Waals surface area contributed by atoms with Crippen LogP contribution in [0.25, 0.3) is 21.6 Å². The number of aromatic nitrogens is 2. The van der Waals surface area contributed by atoms with Crippen LogP contribution < -0.4 is 14.8 Å². The molecule has 5 atom stereocenters. The monoisotopic (exact) mass is 650 g/mol. The van der Waals surface area contributed by atoms with Gasteiger partial charge in [0.05, 0.1) is 30.2 Å². The van der Waals surface area contributed by atoms with E-state index in [9.17, 15) is 14.4 Å². The second kappa shape index (κ2) is 12.7. The zero-order valence-corrected chi connectivity index (χ0v) is 27.6. The number of amides is 2. The van der Waals surface area contributed by atoms with E-state index < -0.39 is 23.5 Å². The first-order chi connectivity index (χ1) is 21.6. The highest BCUT2D eigenvalue weighted by Crippen LogP contribution is 2.46. The number of hydrogen-bond donors (Lipinski definition) is 1. The van der Waals surface area contributed by atoms with Crippen LogP contribution in [-0.2, 0) is 14.4 Å². The van der Waals surface area contributed by atoms with E-state index in [1.807, 2.05) is 23.6 Å². The number of methoxy groups -OCH3 is 1. The van der Waals surface area contributed by atoms with Gasteiger partial charge in [0.25, 0.3) is 0 Å². The van der Waals surface area contributed by atoms with Crippen LogP contribution in [0.5, 0.6) is 11.5 Å². The van der Waals surface area contributed by atoms with Crippen molar-refractivity contribution >= 4 is 51.9 Å². The number of thiazole rings is 1. The second-order valence-electron chi connectivity index (χ2n) is 12.8. The van der Waals surface area contributed by atoms with Crippen molar-refractivity contribution < 1.29 is 23.9 Å². The number of hydrogen-bond acceptors (Lipinski definition) is 8. The molecule has 1 aliphatic heterocycles. The minimum Gasteiger partial charge on any atom is -0.495 e. The predicted octanol–water partition coefficient (Wildman–Crippen LogP) is 6.19. The van der Waals surface area contributed by atoms with Crippen LogP contribution in [0.1, 0.15) is 64.0 Å². The molecule has 2 aliphatic carbocycles. The van der Waals surface area contributed by atoms with Gasteiger partial charge < -0.3 is 24.5 Å². The molecule has 0 saturated heterocycles. The Morgan fingerprint density at radius 1 is 1.16 bits per heavy atom. The average Bonchev–Trinajstić information content (AvgIpc) is 3.34. The van der Waals surface area contributed by atoms with Crippen molar-refractivity contribution in [3.05, 3.63) is 46.4 Å². The minimum absolute atomic E-state index is 0.0161. The molecule has 0 unspecified atom stereocenters. The first-order valence-electron chi connectivity index (χ1n) is 15.6. The fourth-order valence-electron chi connectivity index (χ4n) is 6.51. The lowest BCUT2D eigenvalue weighted by Crippen LogP contribution is -2.46. The number of halogens is 1. The predicted molar refractivity (Wildman–Crippen MR) is 175 cm³/mol. The Morgan fingerprint density at radius 2 is 1.96 bits per heavy atom. The Morgan fingerprint density at radius 3 is 2.69 bits per heavy atom. The molecule has 2 fully saturated rings. The number of ether oxygens (including phenoxy) is 2. The first-order valence-corrected chi connectivity index (χ1v) is 16.9. The summed E-state index contributed by atoms with van der Waals surface area (Å²) in [6.45, 7) is 4.81. The van der Waals surface area contributed by atoms with Crippen molar-refractivity contribution in [2.45, 2.75) is 69.9 Å². The second-order valence-corrected chi connectivity index (χ2v) is 14.0. The molecule has 3 aromatic rings. The van der Waals surface area contributed by atoms with Crippen LogP contribution in [0.2, 0.25) is 5.02 Å². The topological polar surface area (TPSA) is 111 Å². The number of fused-ring (bicyclic) bond motifs is 3. The molecule has 6 rings (SSSR count). The molecular formula is C34H39ClN4O5S. The lowest BCUT2D eigenvalue weighted by atomic mass is 9.93. The van der Waals surface area contributed by atoms with E-state index in [2.05, 4.69) is 25.2 Å². The van der Waals surface area contributed by atoms with Gasteiger partial charge in [-0.05, 0) is 56.6 Å². The highest BCUT2D eigenvalue weighted by atomic mass is 35.5. The number of benzene rings is 1. The molecule has 0 radical (unpaired) electrons. The Kier molecular flexibility index (Phi) is 8.89. The third-order valence-corrected chi connectivity index (χ3v) is 10.6. The summed E-state index contributed by atoms with van der Waals surface area (Å²) >= 11 is 8.27. The Balaban J connectivity index is 1.34. The molecule has 2 saturated carbocycles. The summed E-state index contributed by atoms with van der Waals surface area (Å²) < 4.78 is 12.2. The molecule has 0 bridgehead atoms. The molecule has 3 aliphatic rings. The van der Waals surface area contributed by atoms with E-state index in [4.69, 9.17) is 31.0 Å². The quantitative estimate of drug-likeness (QED) is 0.250. The standard InChI is InChI=1S/C34H39ClN4O5S/c1-19(2)26-17-45-32(37-26)25-15-28(22-10-11-27(43-4)29(35)30(22)36-25)44-21-13-23-24(14-21)33(42)39(3)12-8-6-5-7-9-20-16-34(20,18-40)38-31(23)41/h7,9-11,15,17-21,23-24H,5-6,8,12-14,16H2,1-4H3,(H,38,41)/b9-7-/t20-,21-,23-,24-,34+/m1/s1. The zero-order valence-electron chi connectivity index (χ0n) is 26.0. The molecule has 238 valence electrons. The Labute approximate surface area is 272 Å². The molecule has 11 heteroatoms. The number of pyridine rings is 1. The third-order valence-electron chi connectivity index (χ3n) is 9.35. The van der Waals surface area contributed by atoms with Gasteiger partial charge in [-0.25, -0.2) is 9.97 Å². The van der Waals surface area contributed by atoms with Crippen molar-refractivity contribution in [3.63, 3.8) is 0 Å². The van der Waals surface area contributed by atoms with Crippen LogP contribution >= 0.6 is 22.9 Å². The average molecular weight is 651 g/mol. The maximum absolute atomic E-state index is 13.8. The summed E-state index contributed by atoms with van der Waals surface area (Å²) in [5.74, 6) is -0.242. The van der Waals surface area contributed by atoms with E-state index in [0.29, 0.717) is 58.9 Å². The molecule has 3 heterocycles. The smallest absolute Gasteiger partial charge is 0.226 e. The summed E-state index contributed by atoms with van der Waals surface area (Å²) in [5.41, 5.74) is 1.22. The molecule has 1 N–H and O–H groups in total. The summed E-state index contributed by atoms with van der Waals surface area (Å²) in [7, 11) is 3.36. The molecule has 45 heavy (non-hydrogen) atoms. The number of allylic oxidation sites excluding steroid dienone is 1. The Bertz CT molecular complexity index is 1660. The number of nitrogens with one attached hydrogen (secondary N) is 1. The van der Waals surface area contributed by atoms with Gasteiger partial charge in [0.2, 0.25) is 11.8 Å². The van der Waals surface area contributed by atoms with Crippen LogP contribution in [-0.4, -0.2) is 65.3 Å². The SMILES string of the molecule is COc1ccc2c(O[C@@H]3C[C@H]4C(=O)N[C@]5(C=O)C[C@H]5/C=C\CCCCN(C)C(=O)[C@@H]4C3)cc(-c3nc(C(C)C)cs3)nc2c1Cl. The highest BCUT2D eigenvalue weighted by Gasteiger charge is 2.56. The first kappa shape index (κ1) is 31.5. The number of aldehydes is 1. The summed E-state index contributed by atoms with van der Waals surface area (Å²) in [6.07, 6.45) is 8.53. The van der Waals surface area contributed by atoms with E-state index in [0.717, 1.165) is 36.3 Å². The molecule has 0 spiro atoms. The molecule has 9 nitrogen and oxygen atoms in total. The van der Waals surface area contributed by atoms with Gasteiger partial charge in [-0.2, -0.15) is 0 Å². The molecule has 1 aromatic carbocycles. The van der Waals surface area contributed by atoms with E-state index in [1.54, 1.807) is 25.1 Å². The fraction of sp³-hybridized carbons (Fsp3) is 0.500. The number of nitrogens with zero attached hydrogens (tertiary/aromatic N) is 3. The highest BCUT2D eigenvalue weighted by molar-refractivity contribution is 7.13. The van der Waals surface area contributed by atoms with Crippen LogP contribution in [0.4, 0.5) is 0 Å². The van der Waals surface area contributed by atoms with E-state index in [1.165, 1.54) is 11.3 Å². The molecule has 2 aromatic heterocycles. The zero-order chi connectivity index (χ0) is 31.9. The maximum Gasteiger partial charge on any atom is 0.226 e. The minimum atomic E-state index is -0.898. The van der Waals surface area contributed by atoms with Crippen LogP contribution in [0.15, 0.2) is 35.7 Å². The molecular weight excluding hydrogens is 612 g/mol. The van der Waals surface area contributed by atoms with Crippen molar-refractivity contribution in [1.29, 1.82) is 0 Å². The van der Waals surface area contributed by atoms with Gasteiger partial charge >= 0.3 is 0 Å². The van der Waals surface area contributed by atoms with Crippen molar-refractivity contribution in [2.75, 3.05) is 20.7 Å². The van der Waals surface area contributed by atoms with Gasteiger partial charge in [-0.15, -0.1) is 11.3 Å². The van der Waals surface area contributed by atoms with Gasteiger partial charge in [0, 0.05) is 36.3 Å².